The quantitative estimate of drug-likeness (QED) is 0.840. The molecule has 1 atom stereocenters. The van der Waals surface area contributed by atoms with Gasteiger partial charge in [0.1, 0.15) is 6.04 Å². The summed E-state index contributed by atoms with van der Waals surface area (Å²) in [7, 11) is 1.39. The molecule has 1 N–H and O–H groups in total. The van der Waals surface area contributed by atoms with Crippen molar-refractivity contribution >= 4 is 21.9 Å². The molecule has 0 fully saturated rings. The summed E-state index contributed by atoms with van der Waals surface area (Å²) in [4.78, 5) is 11.3. The minimum absolute atomic E-state index is 0.264. The van der Waals surface area contributed by atoms with E-state index in [4.69, 9.17) is 0 Å². The standard InChI is InChI=1S/C11H18BrN3O2/c1-5-15-9(10(12)7(2)14-15)6-13-8(3)11(16)17-4/h8,13H,5-6H2,1-4H3. The first kappa shape index (κ1) is 14.2. The molecule has 1 aromatic heterocycles. The first-order valence-corrected chi connectivity index (χ1v) is 6.33. The Hall–Kier alpha value is -0.880. The Morgan fingerprint density at radius 3 is 2.82 bits per heavy atom. The molecule has 0 bridgehead atoms. The number of ether oxygens (including phenoxy) is 1. The van der Waals surface area contributed by atoms with Crippen molar-refractivity contribution in [3.63, 3.8) is 0 Å². The van der Waals surface area contributed by atoms with Crippen LogP contribution in [0.5, 0.6) is 0 Å². The molecule has 6 heteroatoms. The highest BCUT2D eigenvalue weighted by atomic mass is 79.9. The average molecular weight is 304 g/mol. The zero-order chi connectivity index (χ0) is 13.0. The van der Waals surface area contributed by atoms with Crippen molar-refractivity contribution in [2.75, 3.05) is 7.11 Å². The lowest BCUT2D eigenvalue weighted by Gasteiger charge is -2.12. The summed E-state index contributed by atoms with van der Waals surface area (Å²) in [6.07, 6.45) is 0. The molecule has 0 spiro atoms. The first-order valence-electron chi connectivity index (χ1n) is 5.54. The fraction of sp³-hybridized carbons (Fsp3) is 0.636. The van der Waals surface area contributed by atoms with Crippen LogP contribution in [-0.4, -0.2) is 28.9 Å². The third-order valence-electron chi connectivity index (χ3n) is 2.58. The topological polar surface area (TPSA) is 56.2 Å². The van der Waals surface area contributed by atoms with Gasteiger partial charge in [0.2, 0.25) is 0 Å². The Labute approximate surface area is 110 Å². The number of aryl methyl sites for hydroxylation is 2. The monoisotopic (exact) mass is 303 g/mol. The normalized spacial score (nSPS) is 12.5. The van der Waals surface area contributed by atoms with E-state index in [0.717, 1.165) is 22.4 Å². The van der Waals surface area contributed by atoms with Gasteiger partial charge in [0.15, 0.2) is 0 Å². The Kier molecular flexibility index (Phi) is 5.14. The largest absolute Gasteiger partial charge is 0.468 e. The fourth-order valence-corrected chi connectivity index (χ4v) is 1.97. The van der Waals surface area contributed by atoms with E-state index in [0.29, 0.717) is 6.54 Å². The maximum absolute atomic E-state index is 11.3. The van der Waals surface area contributed by atoms with E-state index < -0.39 is 0 Å². The van der Waals surface area contributed by atoms with Gasteiger partial charge in [0, 0.05) is 13.1 Å². The molecule has 96 valence electrons. The number of aromatic nitrogens is 2. The minimum atomic E-state index is -0.326. The summed E-state index contributed by atoms with van der Waals surface area (Å²) in [6.45, 7) is 7.14. The van der Waals surface area contributed by atoms with Crippen molar-refractivity contribution in [3.05, 3.63) is 15.9 Å². The molecular weight excluding hydrogens is 286 g/mol. The van der Waals surface area contributed by atoms with Crippen molar-refractivity contribution in [1.29, 1.82) is 0 Å². The van der Waals surface area contributed by atoms with Gasteiger partial charge in [-0.3, -0.25) is 14.8 Å². The SMILES string of the molecule is CCn1nc(C)c(Br)c1CNC(C)C(=O)OC. The smallest absolute Gasteiger partial charge is 0.322 e. The van der Waals surface area contributed by atoms with Gasteiger partial charge in [-0.2, -0.15) is 5.10 Å². The van der Waals surface area contributed by atoms with Crippen molar-refractivity contribution < 1.29 is 9.53 Å². The van der Waals surface area contributed by atoms with Crippen LogP contribution in [0.2, 0.25) is 0 Å². The summed E-state index contributed by atoms with van der Waals surface area (Å²) in [6, 6.07) is -0.326. The van der Waals surface area contributed by atoms with Crippen LogP contribution in [0.4, 0.5) is 0 Å². The van der Waals surface area contributed by atoms with Crippen LogP contribution in [0.25, 0.3) is 0 Å². The second-order valence-electron chi connectivity index (χ2n) is 3.79. The molecule has 0 aliphatic heterocycles. The van der Waals surface area contributed by atoms with Crippen molar-refractivity contribution in [2.24, 2.45) is 0 Å². The predicted molar refractivity (Wildman–Crippen MR) is 68.7 cm³/mol. The van der Waals surface area contributed by atoms with Gasteiger partial charge >= 0.3 is 5.97 Å². The number of hydrogen-bond acceptors (Lipinski definition) is 4. The highest BCUT2D eigenvalue weighted by Crippen LogP contribution is 2.20. The molecule has 17 heavy (non-hydrogen) atoms. The molecule has 0 aromatic carbocycles. The molecule has 1 unspecified atom stereocenters. The molecule has 0 aliphatic rings. The first-order chi connectivity index (χ1) is 8.01. The molecule has 5 nitrogen and oxygen atoms in total. The van der Waals surface area contributed by atoms with E-state index in [1.54, 1.807) is 6.92 Å². The average Bonchev–Trinajstić information content (AvgIpc) is 2.61. The van der Waals surface area contributed by atoms with Gasteiger partial charge in [-0.1, -0.05) is 0 Å². The number of rotatable bonds is 5. The summed E-state index contributed by atoms with van der Waals surface area (Å²) in [5, 5.41) is 7.50. The van der Waals surface area contributed by atoms with E-state index >= 15 is 0 Å². The second-order valence-corrected chi connectivity index (χ2v) is 4.58. The molecule has 0 saturated heterocycles. The number of halogens is 1. The van der Waals surface area contributed by atoms with E-state index in [2.05, 4.69) is 31.1 Å². The van der Waals surface area contributed by atoms with Gasteiger partial charge in [0.25, 0.3) is 0 Å². The summed E-state index contributed by atoms with van der Waals surface area (Å²) < 4.78 is 7.56. The van der Waals surface area contributed by atoms with E-state index in [-0.39, 0.29) is 12.0 Å². The highest BCUT2D eigenvalue weighted by Gasteiger charge is 2.16. The second kappa shape index (κ2) is 6.16. The highest BCUT2D eigenvalue weighted by molar-refractivity contribution is 9.10. The molecule has 0 saturated carbocycles. The number of nitrogens with one attached hydrogen (secondary N) is 1. The summed E-state index contributed by atoms with van der Waals surface area (Å²) >= 11 is 3.51. The Bertz CT molecular complexity index is 404. The maximum Gasteiger partial charge on any atom is 0.322 e. The van der Waals surface area contributed by atoms with Crippen LogP contribution >= 0.6 is 15.9 Å². The zero-order valence-electron chi connectivity index (χ0n) is 10.6. The Morgan fingerprint density at radius 2 is 2.29 bits per heavy atom. The third-order valence-corrected chi connectivity index (χ3v) is 3.61. The fourth-order valence-electron chi connectivity index (χ4n) is 1.55. The lowest BCUT2D eigenvalue weighted by atomic mass is 10.3. The van der Waals surface area contributed by atoms with Gasteiger partial charge in [-0.05, 0) is 36.7 Å². The molecule has 1 aromatic rings. The molecule has 1 rings (SSSR count). The Morgan fingerprint density at radius 1 is 1.65 bits per heavy atom. The summed E-state index contributed by atoms with van der Waals surface area (Å²) in [5.74, 6) is -0.264. The van der Waals surface area contributed by atoms with E-state index in [9.17, 15) is 4.79 Å². The molecular formula is C11H18BrN3O2. The van der Waals surface area contributed by atoms with Crippen LogP contribution in [0.1, 0.15) is 25.2 Å². The van der Waals surface area contributed by atoms with Crippen molar-refractivity contribution in [2.45, 2.75) is 39.9 Å². The lowest BCUT2D eigenvalue weighted by molar-refractivity contribution is -0.142. The third kappa shape index (κ3) is 3.29. The van der Waals surface area contributed by atoms with Crippen molar-refractivity contribution in [1.82, 2.24) is 15.1 Å². The predicted octanol–water partition coefficient (Wildman–Crippen LogP) is 1.63. The van der Waals surface area contributed by atoms with Gasteiger partial charge in [-0.15, -0.1) is 0 Å². The van der Waals surface area contributed by atoms with Crippen LogP contribution in [0, 0.1) is 6.92 Å². The van der Waals surface area contributed by atoms with Gasteiger partial charge in [0.05, 0.1) is 23.0 Å². The van der Waals surface area contributed by atoms with Crippen LogP contribution in [-0.2, 0) is 22.6 Å². The lowest BCUT2D eigenvalue weighted by Crippen LogP contribution is -2.35. The number of nitrogens with zero attached hydrogens (tertiary/aromatic N) is 2. The number of carbonyl (C=O) groups excluding carboxylic acids is 1. The minimum Gasteiger partial charge on any atom is -0.468 e. The number of carbonyl (C=O) groups is 1. The maximum atomic E-state index is 11.3. The van der Waals surface area contributed by atoms with E-state index in [1.807, 2.05) is 18.5 Å². The van der Waals surface area contributed by atoms with Crippen molar-refractivity contribution in [3.8, 4) is 0 Å². The number of hydrogen-bond donors (Lipinski definition) is 1. The molecule has 0 amide bonds. The summed E-state index contributed by atoms with van der Waals surface area (Å²) in [5.41, 5.74) is 2.00. The van der Waals surface area contributed by atoms with Gasteiger partial charge < -0.3 is 4.74 Å². The molecule has 0 aliphatic carbocycles. The van der Waals surface area contributed by atoms with E-state index in [1.165, 1.54) is 7.11 Å². The van der Waals surface area contributed by atoms with Crippen LogP contribution < -0.4 is 5.32 Å². The number of methoxy groups -OCH3 is 1. The Balaban J connectivity index is 2.72. The van der Waals surface area contributed by atoms with Crippen LogP contribution in [0.15, 0.2) is 4.47 Å². The number of esters is 1. The molecule has 0 radical (unpaired) electrons. The molecule has 1 heterocycles. The zero-order valence-corrected chi connectivity index (χ0v) is 12.2. The van der Waals surface area contributed by atoms with Crippen LogP contribution in [0.3, 0.4) is 0 Å². The van der Waals surface area contributed by atoms with Gasteiger partial charge in [-0.25, -0.2) is 0 Å².